The van der Waals surface area contributed by atoms with E-state index in [1.54, 1.807) is 22.5 Å². The van der Waals surface area contributed by atoms with E-state index in [1.807, 2.05) is 37.2 Å². The van der Waals surface area contributed by atoms with Crippen molar-refractivity contribution in [1.82, 2.24) is 24.5 Å². The molecular formula is C18H27N5O2. The van der Waals surface area contributed by atoms with Crippen LogP contribution in [-0.4, -0.2) is 71.8 Å². The van der Waals surface area contributed by atoms with Crippen molar-refractivity contribution in [3.05, 3.63) is 35.9 Å². The predicted molar refractivity (Wildman–Crippen MR) is 97.9 cm³/mol. The maximum Gasteiger partial charge on any atom is 0.287 e. The molecule has 0 spiro atoms. The number of rotatable bonds is 8. The van der Waals surface area contributed by atoms with Gasteiger partial charge in [0.15, 0.2) is 5.69 Å². The Hall–Kier alpha value is -2.41. The fraction of sp³-hybridized carbons (Fsp3) is 0.500. The number of carbonyl (C=O) groups is 2. The molecule has 0 bridgehead atoms. The number of fused-ring (bicyclic) bond motifs is 1. The molecule has 0 fully saturated rings. The van der Waals surface area contributed by atoms with Crippen molar-refractivity contribution < 1.29 is 9.59 Å². The number of unbranched alkanes of at least 4 members (excludes halogenated alkanes) is 1. The Morgan fingerprint density at radius 2 is 1.96 bits per heavy atom. The zero-order chi connectivity index (χ0) is 18.4. The quantitative estimate of drug-likeness (QED) is 0.787. The molecule has 25 heavy (non-hydrogen) atoms. The first-order chi connectivity index (χ1) is 12.0. The Kier molecular flexibility index (Phi) is 6.52. The fourth-order valence-corrected chi connectivity index (χ4v) is 2.51. The van der Waals surface area contributed by atoms with Crippen LogP contribution >= 0.6 is 0 Å². The van der Waals surface area contributed by atoms with Crippen LogP contribution in [0, 0.1) is 0 Å². The van der Waals surface area contributed by atoms with Crippen LogP contribution in [0.1, 0.15) is 40.9 Å². The number of likely N-dealkylation sites (N-methyl/N-ethyl adjacent to an activating group) is 1. The number of amides is 2. The molecule has 7 heteroatoms. The highest BCUT2D eigenvalue weighted by Crippen LogP contribution is 2.15. The molecule has 1 N–H and O–H groups in total. The number of imidazole rings is 1. The summed E-state index contributed by atoms with van der Waals surface area (Å²) < 4.78 is 1.67. The highest BCUT2D eigenvalue weighted by Gasteiger charge is 2.23. The lowest BCUT2D eigenvalue weighted by Crippen LogP contribution is -2.32. The number of pyridine rings is 1. The maximum absolute atomic E-state index is 12.7. The van der Waals surface area contributed by atoms with Gasteiger partial charge in [-0.1, -0.05) is 19.4 Å². The molecule has 0 aliphatic carbocycles. The summed E-state index contributed by atoms with van der Waals surface area (Å²) in [6, 6.07) is 5.47. The number of carbonyl (C=O) groups excluding carboxylic acids is 2. The monoisotopic (exact) mass is 345 g/mol. The van der Waals surface area contributed by atoms with Crippen molar-refractivity contribution in [1.29, 1.82) is 0 Å². The molecule has 0 atom stereocenters. The number of nitrogens with zero attached hydrogens (tertiary/aromatic N) is 4. The van der Waals surface area contributed by atoms with Gasteiger partial charge in [0.25, 0.3) is 11.8 Å². The molecule has 2 amide bonds. The minimum absolute atomic E-state index is 0.163. The second kappa shape index (κ2) is 8.62. The first-order valence-corrected chi connectivity index (χ1v) is 8.61. The van der Waals surface area contributed by atoms with Gasteiger partial charge in [0.05, 0.1) is 5.52 Å². The lowest BCUT2D eigenvalue weighted by molar-refractivity contribution is 0.0790. The second-order valence-electron chi connectivity index (χ2n) is 6.38. The molecule has 0 aliphatic heterocycles. The summed E-state index contributed by atoms with van der Waals surface area (Å²) in [5.74, 6) is -0.204. The van der Waals surface area contributed by atoms with Crippen molar-refractivity contribution in [2.45, 2.75) is 19.8 Å². The number of hydrogen-bond acceptors (Lipinski definition) is 4. The lowest BCUT2D eigenvalue weighted by Gasteiger charge is -2.15. The molecule has 0 saturated heterocycles. The van der Waals surface area contributed by atoms with Crippen LogP contribution in [0.25, 0.3) is 5.52 Å². The van der Waals surface area contributed by atoms with E-state index in [2.05, 4.69) is 17.2 Å². The maximum atomic E-state index is 12.7. The van der Waals surface area contributed by atoms with Gasteiger partial charge in [-0.2, -0.15) is 0 Å². The van der Waals surface area contributed by atoms with Crippen molar-refractivity contribution in [2.75, 3.05) is 40.8 Å². The van der Waals surface area contributed by atoms with E-state index >= 15 is 0 Å². The normalized spacial score (nSPS) is 11.1. The lowest BCUT2D eigenvalue weighted by atomic mass is 10.2. The molecule has 2 aromatic rings. The van der Waals surface area contributed by atoms with Gasteiger partial charge in [0.1, 0.15) is 0 Å². The molecule has 0 saturated carbocycles. The SMILES string of the molecule is CCCCN(C)C(=O)c1nc(C(=O)NCCN(C)C)n2ccccc12. The van der Waals surface area contributed by atoms with Crippen molar-refractivity contribution in [3.8, 4) is 0 Å². The van der Waals surface area contributed by atoms with Gasteiger partial charge in [-0.25, -0.2) is 4.98 Å². The van der Waals surface area contributed by atoms with E-state index in [4.69, 9.17) is 0 Å². The number of hydrogen-bond donors (Lipinski definition) is 1. The second-order valence-corrected chi connectivity index (χ2v) is 6.38. The Bertz CT molecular complexity index is 738. The van der Waals surface area contributed by atoms with E-state index in [0.717, 1.165) is 19.4 Å². The van der Waals surface area contributed by atoms with Crippen LogP contribution < -0.4 is 5.32 Å². The van der Waals surface area contributed by atoms with Gasteiger partial charge in [-0.3, -0.25) is 14.0 Å². The van der Waals surface area contributed by atoms with Crippen LogP contribution in [0.15, 0.2) is 24.4 Å². The Morgan fingerprint density at radius 1 is 1.20 bits per heavy atom. The van der Waals surface area contributed by atoms with E-state index in [1.165, 1.54) is 0 Å². The van der Waals surface area contributed by atoms with Gasteiger partial charge >= 0.3 is 0 Å². The molecule has 0 aliphatic rings. The first kappa shape index (κ1) is 18.9. The zero-order valence-corrected chi connectivity index (χ0v) is 15.5. The molecular weight excluding hydrogens is 318 g/mol. The van der Waals surface area contributed by atoms with Crippen LogP contribution in [-0.2, 0) is 0 Å². The van der Waals surface area contributed by atoms with Crippen molar-refractivity contribution in [3.63, 3.8) is 0 Å². The van der Waals surface area contributed by atoms with Gasteiger partial charge in [-0.15, -0.1) is 0 Å². The molecule has 2 heterocycles. The van der Waals surface area contributed by atoms with E-state index < -0.39 is 0 Å². The minimum atomic E-state index is -0.279. The molecule has 136 valence electrons. The predicted octanol–water partition coefficient (Wildman–Crippen LogP) is 1.50. The average molecular weight is 345 g/mol. The standard InChI is InChI=1S/C18H27N5O2/c1-5-6-11-22(4)18(25)15-14-9-7-8-12-23(14)16(20-15)17(24)19-10-13-21(2)3/h7-9,12H,5-6,10-11,13H2,1-4H3,(H,19,24). The Balaban J connectivity index is 2.27. The summed E-state index contributed by atoms with van der Waals surface area (Å²) in [4.78, 5) is 33.2. The molecule has 0 radical (unpaired) electrons. The molecule has 0 unspecified atom stereocenters. The Morgan fingerprint density at radius 3 is 2.64 bits per heavy atom. The largest absolute Gasteiger partial charge is 0.348 e. The zero-order valence-electron chi connectivity index (χ0n) is 15.5. The third-order valence-electron chi connectivity index (χ3n) is 3.99. The highest BCUT2D eigenvalue weighted by atomic mass is 16.2. The summed E-state index contributed by atoms with van der Waals surface area (Å²) >= 11 is 0. The van der Waals surface area contributed by atoms with Crippen molar-refractivity contribution >= 4 is 17.3 Å². The Labute approximate surface area is 148 Å². The first-order valence-electron chi connectivity index (χ1n) is 8.61. The van der Waals surface area contributed by atoms with Crippen LogP contribution in [0.4, 0.5) is 0 Å². The summed E-state index contributed by atoms with van der Waals surface area (Å²) in [5.41, 5.74) is 0.963. The molecule has 7 nitrogen and oxygen atoms in total. The fourth-order valence-electron chi connectivity index (χ4n) is 2.51. The van der Waals surface area contributed by atoms with Gasteiger partial charge < -0.3 is 15.1 Å². The molecule has 2 rings (SSSR count). The summed E-state index contributed by atoms with van der Waals surface area (Å²) in [5, 5.41) is 2.85. The van der Waals surface area contributed by atoms with Gasteiger partial charge in [0, 0.05) is 32.9 Å². The third-order valence-corrected chi connectivity index (χ3v) is 3.99. The smallest absolute Gasteiger partial charge is 0.287 e. The summed E-state index contributed by atoms with van der Waals surface area (Å²) in [7, 11) is 5.66. The van der Waals surface area contributed by atoms with Crippen LogP contribution in [0.5, 0.6) is 0 Å². The molecule has 2 aromatic heterocycles. The average Bonchev–Trinajstić information content (AvgIpc) is 2.98. The highest BCUT2D eigenvalue weighted by molar-refractivity contribution is 6.02. The van der Waals surface area contributed by atoms with Crippen molar-refractivity contribution in [2.24, 2.45) is 0 Å². The van der Waals surface area contributed by atoms with Crippen LogP contribution in [0.3, 0.4) is 0 Å². The van der Waals surface area contributed by atoms with E-state index in [0.29, 0.717) is 24.3 Å². The third kappa shape index (κ3) is 4.57. The van der Waals surface area contributed by atoms with E-state index in [-0.39, 0.29) is 17.6 Å². The molecule has 0 aromatic carbocycles. The number of aromatic nitrogens is 2. The topological polar surface area (TPSA) is 70.0 Å². The summed E-state index contributed by atoms with van der Waals surface area (Å²) in [6.45, 7) is 4.01. The number of nitrogens with one attached hydrogen (secondary N) is 1. The van der Waals surface area contributed by atoms with Gasteiger partial charge in [0.2, 0.25) is 5.82 Å². The van der Waals surface area contributed by atoms with Crippen LogP contribution in [0.2, 0.25) is 0 Å². The minimum Gasteiger partial charge on any atom is -0.348 e. The van der Waals surface area contributed by atoms with Gasteiger partial charge in [-0.05, 0) is 32.6 Å². The van der Waals surface area contributed by atoms with E-state index in [9.17, 15) is 9.59 Å². The summed E-state index contributed by atoms with van der Waals surface area (Å²) in [6.07, 6.45) is 3.71.